The van der Waals surface area contributed by atoms with Gasteiger partial charge in [-0.05, 0) is 6.07 Å². The van der Waals surface area contributed by atoms with Crippen molar-refractivity contribution in [2.24, 2.45) is 0 Å². The van der Waals surface area contributed by atoms with Gasteiger partial charge >= 0.3 is 11.9 Å². The molecule has 1 aromatic carbocycles. The zero-order valence-corrected chi connectivity index (χ0v) is 9.80. The van der Waals surface area contributed by atoms with Crippen LogP contribution in [0, 0.1) is 5.82 Å². The molecule has 19 heavy (non-hydrogen) atoms. The van der Waals surface area contributed by atoms with E-state index in [1.807, 2.05) is 0 Å². The Kier molecular flexibility index (Phi) is 4.99. The highest BCUT2D eigenvalue weighted by atomic mass is 19.1. The van der Waals surface area contributed by atoms with Crippen molar-refractivity contribution < 1.29 is 29.0 Å². The quantitative estimate of drug-likeness (QED) is 0.712. The van der Waals surface area contributed by atoms with E-state index in [9.17, 15) is 18.8 Å². The zero-order valence-electron chi connectivity index (χ0n) is 9.80. The molecule has 0 saturated carbocycles. The molecule has 1 atom stereocenters. The van der Waals surface area contributed by atoms with Gasteiger partial charge in [-0.2, -0.15) is 0 Å². The number of amides is 1. The second-order valence-corrected chi connectivity index (χ2v) is 3.75. The Morgan fingerprint density at radius 2 is 1.79 bits per heavy atom. The first kappa shape index (κ1) is 14.6. The Labute approximate surface area is 107 Å². The molecule has 0 aromatic heterocycles. The molecule has 0 fully saturated rings. The molecule has 0 bridgehead atoms. The number of aliphatic carboxylic acids is 2. The van der Waals surface area contributed by atoms with E-state index < -0.39 is 36.1 Å². The molecule has 0 aliphatic heterocycles. The Bertz CT molecular complexity index is 503. The predicted molar refractivity (Wildman–Crippen MR) is 61.8 cm³/mol. The summed E-state index contributed by atoms with van der Waals surface area (Å²) in [5.74, 6) is -4.12. The molecule has 3 N–H and O–H groups in total. The lowest BCUT2D eigenvalue weighted by Crippen LogP contribution is -2.34. The summed E-state index contributed by atoms with van der Waals surface area (Å²) in [7, 11) is 0. The number of nitrogens with one attached hydrogen (secondary N) is 1. The molecule has 1 aromatic rings. The van der Waals surface area contributed by atoms with Gasteiger partial charge in [-0.15, -0.1) is 0 Å². The van der Waals surface area contributed by atoms with E-state index in [4.69, 9.17) is 10.2 Å². The first-order chi connectivity index (χ1) is 8.91. The lowest BCUT2D eigenvalue weighted by molar-refractivity contribution is -0.142. The van der Waals surface area contributed by atoms with Crippen molar-refractivity contribution in [1.82, 2.24) is 5.32 Å². The van der Waals surface area contributed by atoms with Gasteiger partial charge in [0.2, 0.25) is 5.91 Å². The molecule has 1 amide bonds. The number of carbonyl (C=O) groups is 3. The maximum absolute atomic E-state index is 13.5. The third kappa shape index (κ3) is 4.38. The van der Waals surface area contributed by atoms with Crippen LogP contribution in [0.4, 0.5) is 4.39 Å². The Morgan fingerprint density at radius 3 is 2.32 bits per heavy atom. The molecule has 1 rings (SSSR count). The highest BCUT2D eigenvalue weighted by Crippen LogP contribution is 2.17. The fourth-order valence-electron chi connectivity index (χ4n) is 1.44. The summed E-state index contributed by atoms with van der Waals surface area (Å²) in [6, 6.07) is 3.62. The van der Waals surface area contributed by atoms with Crippen LogP contribution < -0.4 is 5.32 Å². The molecular weight excluding hydrogens is 257 g/mol. The highest BCUT2D eigenvalue weighted by molar-refractivity contribution is 5.86. The van der Waals surface area contributed by atoms with Crippen LogP contribution >= 0.6 is 0 Å². The summed E-state index contributed by atoms with van der Waals surface area (Å²) in [5.41, 5.74) is -0.182. The number of carboxylic acids is 2. The van der Waals surface area contributed by atoms with Crippen molar-refractivity contribution in [3.05, 3.63) is 35.6 Å². The molecule has 0 heterocycles. The monoisotopic (exact) mass is 269 g/mol. The Morgan fingerprint density at radius 1 is 1.16 bits per heavy atom. The Balaban J connectivity index is 2.80. The minimum absolute atomic E-state index is 0.182. The van der Waals surface area contributed by atoms with Crippen molar-refractivity contribution >= 4 is 17.8 Å². The standard InChI is InChI=1S/C12H12FNO5/c13-8-4-2-1-3-7(8)11(12(18)19)14-9(15)5-6-10(16)17/h1-4,11H,5-6H2,(H,14,15)(H,16,17)(H,18,19). The number of halogens is 1. The molecule has 0 aliphatic rings. The molecular formula is C12H12FNO5. The number of hydrogen-bond donors (Lipinski definition) is 3. The van der Waals surface area contributed by atoms with Crippen molar-refractivity contribution in [3.63, 3.8) is 0 Å². The van der Waals surface area contributed by atoms with E-state index in [2.05, 4.69) is 5.32 Å². The van der Waals surface area contributed by atoms with Crippen molar-refractivity contribution in [2.45, 2.75) is 18.9 Å². The van der Waals surface area contributed by atoms with Gasteiger partial charge < -0.3 is 15.5 Å². The number of benzene rings is 1. The molecule has 7 heteroatoms. The largest absolute Gasteiger partial charge is 0.481 e. The van der Waals surface area contributed by atoms with E-state index in [0.29, 0.717) is 0 Å². The molecule has 6 nitrogen and oxygen atoms in total. The summed E-state index contributed by atoms with van der Waals surface area (Å²) in [4.78, 5) is 32.7. The Hall–Kier alpha value is -2.44. The second-order valence-electron chi connectivity index (χ2n) is 3.75. The van der Waals surface area contributed by atoms with Gasteiger partial charge in [-0.1, -0.05) is 18.2 Å². The lowest BCUT2D eigenvalue weighted by Gasteiger charge is -2.15. The van der Waals surface area contributed by atoms with E-state index >= 15 is 0 Å². The van der Waals surface area contributed by atoms with Gasteiger partial charge in [-0.25, -0.2) is 9.18 Å². The summed E-state index contributed by atoms with van der Waals surface area (Å²) >= 11 is 0. The molecule has 1 unspecified atom stereocenters. The molecule has 0 spiro atoms. The predicted octanol–water partition coefficient (Wildman–Crippen LogP) is 0.932. The van der Waals surface area contributed by atoms with Crippen molar-refractivity contribution in [2.75, 3.05) is 0 Å². The number of carboxylic acid groups (broad SMARTS) is 2. The maximum atomic E-state index is 13.5. The van der Waals surface area contributed by atoms with Gasteiger partial charge in [0.25, 0.3) is 0 Å². The fraction of sp³-hybridized carbons (Fsp3) is 0.250. The topological polar surface area (TPSA) is 104 Å². The normalized spacial score (nSPS) is 11.6. The summed E-state index contributed by atoms with van der Waals surface area (Å²) in [5, 5.41) is 19.5. The average Bonchev–Trinajstić information content (AvgIpc) is 2.34. The van der Waals surface area contributed by atoms with Crippen LogP contribution in [-0.2, 0) is 14.4 Å². The fourth-order valence-corrected chi connectivity index (χ4v) is 1.44. The van der Waals surface area contributed by atoms with Crippen LogP contribution in [0.3, 0.4) is 0 Å². The van der Waals surface area contributed by atoms with Crippen LogP contribution in [0.1, 0.15) is 24.4 Å². The van der Waals surface area contributed by atoms with E-state index in [1.165, 1.54) is 18.2 Å². The lowest BCUT2D eigenvalue weighted by atomic mass is 10.1. The molecule has 0 saturated heterocycles. The molecule has 0 radical (unpaired) electrons. The van der Waals surface area contributed by atoms with Gasteiger partial charge in [-0.3, -0.25) is 9.59 Å². The minimum atomic E-state index is -1.54. The smallest absolute Gasteiger partial charge is 0.331 e. The van der Waals surface area contributed by atoms with Gasteiger partial charge in [0, 0.05) is 12.0 Å². The summed E-state index contributed by atoms with van der Waals surface area (Å²) in [6.45, 7) is 0. The summed E-state index contributed by atoms with van der Waals surface area (Å²) in [6.07, 6.45) is -0.789. The van der Waals surface area contributed by atoms with Gasteiger partial charge in [0.1, 0.15) is 5.82 Å². The average molecular weight is 269 g/mol. The first-order valence-electron chi connectivity index (χ1n) is 5.40. The van der Waals surface area contributed by atoms with Crippen LogP contribution in [0.5, 0.6) is 0 Å². The van der Waals surface area contributed by atoms with E-state index in [0.717, 1.165) is 6.07 Å². The van der Waals surface area contributed by atoms with Crippen molar-refractivity contribution in [1.29, 1.82) is 0 Å². The second kappa shape index (κ2) is 6.48. The van der Waals surface area contributed by atoms with Gasteiger partial charge in [0.15, 0.2) is 6.04 Å². The number of rotatable bonds is 6. The third-order valence-electron chi connectivity index (χ3n) is 2.33. The van der Waals surface area contributed by atoms with Crippen LogP contribution in [-0.4, -0.2) is 28.1 Å². The van der Waals surface area contributed by atoms with Crippen LogP contribution in [0.2, 0.25) is 0 Å². The van der Waals surface area contributed by atoms with Crippen LogP contribution in [0.25, 0.3) is 0 Å². The first-order valence-corrected chi connectivity index (χ1v) is 5.40. The SMILES string of the molecule is O=C(O)CCC(=O)NC(C(=O)O)c1ccccc1F. The molecule has 102 valence electrons. The maximum Gasteiger partial charge on any atom is 0.331 e. The van der Waals surface area contributed by atoms with Crippen molar-refractivity contribution in [3.8, 4) is 0 Å². The third-order valence-corrected chi connectivity index (χ3v) is 2.33. The minimum Gasteiger partial charge on any atom is -0.481 e. The number of carbonyl (C=O) groups excluding carboxylic acids is 1. The zero-order chi connectivity index (χ0) is 14.4. The van der Waals surface area contributed by atoms with E-state index in [1.54, 1.807) is 0 Å². The number of hydrogen-bond acceptors (Lipinski definition) is 3. The van der Waals surface area contributed by atoms with E-state index in [-0.39, 0.29) is 12.0 Å². The summed E-state index contributed by atoms with van der Waals surface area (Å²) < 4.78 is 13.5. The van der Waals surface area contributed by atoms with Crippen LogP contribution in [0.15, 0.2) is 24.3 Å². The molecule has 0 aliphatic carbocycles. The van der Waals surface area contributed by atoms with Gasteiger partial charge in [0.05, 0.1) is 6.42 Å². The highest BCUT2D eigenvalue weighted by Gasteiger charge is 2.24.